The number of piperidine rings is 1. The number of nitriles is 1. The lowest BCUT2D eigenvalue weighted by Crippen LogP contribution is -2.54. The van der Waals surface area contributed by atoms with Gasteiger partial charge in [-0.1, -0.05) is 12.8 Å². The fraction of sp³-hybridized carbons (Fsp3) is 0.400. The van der Waals surface area contributed by atoms with Crippen LogP contribution < -0.4 is 10.6 Å². The van der Waals surface area contributed by atoms with Crippen molar-refractivity contribution in [2.75, 3.05) is 5.32 Å². The molecule has 1 saturated heterocycles. The highest BCUT2D eigenvalue weighted by Crippen LogP contribution is 2.39. The molecule has 0 aromatic heterocycles. The van der Waals surface area contributed by atoms with Gasteiger partial charge in [0.2, 0.25) is 17.7 Å². The summed E-state index contributed by atoms with van der Waals surface area (Å²) >= 11 is 0. The standard InChI is InChI=1S/C20H18N4O5/c21-10-20(7-1-2-8-20)19(29)22-11-3-4-12-13(9-11)18(28)24(17(12)27)14-5-6-15(25)23-16(14)26/h3-4,9,14H,1-2,5-8H2,(H,22,29)(H,23,25,26). The van der Waals surface area contributed by atoms with Gasteiger partial charge >= 0.3 is 0 Å². The van der Waals surface area contributed by atoms with Crippen LogP contribution >= 0.6 is 0 Å². The van der Waals surface area contributed by atoms with Gasteiger partial charge in [-0.3, -0.25) is 34.2 Å². The average Bonchev–Trinajstić information content (AvgIpc) is 3.28. The number of hydrogen-bond donors (Lipinski definition) is 2. The van der Waals surface area contributed by atoms with E-state index < -0.39 is 41.0 Å². The predicted octanol–water partition coefficient (Wildman–Crippen LogP) is 1.11. The molecule has 1 aromatic carbocycles. The number of amides is 5. The Morgan fingerprint density at radius 1 is 1.14 bits per heavy atom. The van der Waals surface area contributed by atoms with E-state index in [9.17, 15) is 29.2 Å². The van der Waals surface area contributed by atoms with Crippen molar-refractivity contribution in [3.05, 3.63) is 29.3 Å². The van der Waals surface area contributed by atoms with Gasteiger partial charge in [-0.15, -0.1) is 0 Å². The molecular formula is C20H18N4O5. The van der Waals surface area contributed by atoms with E-state index in [1.165, 1.54) is 18.2 Å². The van der Waals surface area contributed by atoms with Crippen LogP contribution in [0.1, 0.15) is 59.2 Å². The number of nitrogens with one attached hydrogen (secondary N) is 2. The first-order chi connectivity index (χ1) is 13.9. The molecule has 0 bridgehead atoms. The number of rotatable bonds is 3. The van der Waals surface area contributed by atoms with Gasteiger partial charge in [-0.05, 0) is 37.5 Å². The Morgan fingerprint density at radius 3 is 2.48 bits per heavy atom. The lowest BCUT2D eigenvalue weighted by atomic mass is 9.87. The summed E-state index contributed by atoms with van der Waals surface area (Å²) in [6, 6.07) is 5.37. The molecule has 2 heterocycles. The van der Waals surface area contributed by atoms with Gasteiger partial charge in [0.25, 0.3) is 11.8 Å². The smallest absolute Gasteiger partial charge is 0.262 e. The van der Waals surface area contributed by atoms with Gasteiger partial charge in [-0.2, -0.15) is 5.26 Å². The van der Waals surface area contributed by atoms with E-state index in [1.54, 1.807) is 0 Å². The number of imide groups is 2. The van der Waals surface area contributed by atoms with Crippen LogP contribution in [-0.4, -0.2) is 40.5 Å². The van der Waals surface area contributed by atoms with Gasteiger partial charge in [0, 0.05) is 12.1 Å². The predicted molar refractivity (Wildman–Crippen MR) is 98.3 cm³/mol. The van der Waals surface area contributed by atoms with Gasteiger partial charge in [0.05, 0.1) is 17.2 Å². The maximum atomic E-state index is 12.8. The number of carbonyl (C=O) groups excluding carboxylic acids is 5. The lowest BCUT2D eigenvalue weighted by Gasteiger charge is -2.27. The summed E-state index contributed by atoms with van der Waals surface area (Å²) < 4.78 is 0. The van der Waals surface area contributed by atoms with Crippen LogP contribution in [0, 0.1) is 16.7 Å². The van der Waals surface area contributed by atoms with Crippen molar-refractivity contribution >= 4 is 35.2 Å². The van der Waals surface area contributed by atoms with Crippen molar-refractivity contribution in [3.63, 3.8) is 0 Å². The maximum absolute atomic E-state index is 12.8. The van der Waals surface area contributed by atoms with Crippen LogP contribution in [0.5, 0.6) is 0 Å². The fourth-order valence-corrected chi connectivity index (χ4v) is 4.17. The molecule has 148 valence electrons. The number of nitrogens with zero attached hydrogens (tertiary/aromatic N) is 2. The molecule has 29 heavy (non-hydrogen) atoms. The molecular weight excluding hydrogens is 376 g/mol. The van der Waals surface area contributed by atoms with Crippen LogP contribution in [0.3, 0.4) is 0 Å². The van der Waals surface area contributed by atoms with Crippen molar-refractivity contribution in [1.29, 1.82) is 5.26 Å². The third-order valence-corrected chi connectivity index (χ3v) is 5.80. The van der Waals surface area contributed by atoms with E-state index in [-0.39, 0.29) is 24.0 Å². The minimum atomic E-state index is -1.07. The molecule has 2 N–H and O–H groups in total. The summed E-state index contributed by atoms with van der Waals surface area (Å²) in [4.78, 5) is 62.4. The zero-order chi connectivity index (χ0) is 20.8. The molecule has 1 atom stereocenters. The first-order valence-corrected chi connectivity index (χ1v) is 9.45. The molecule has 9 heteroatoms. The van der Waals surface area contributed by atoms with Crippen molar-refractivity contribution in [2.45, 2.75) is 44.6 Å². The second kappa shape index (κ2) is 6.81. The van der Waals surface area contributed by atoms with Crippen molar-refractivity contribution in [3.8, 4) is 6.07 Å². The second-order valence-corrected chi connectivity index (χ2v) is 7.56. The monoisotopic (exact) mass is 394 g/mol. The summed E-state index contributed by atoms with van der Waals surface area (Å²) in [6.07, 6.45) is 2.70. The average molecular weight is 394 g/mol. The molecule has 2 aliphatic heterocycles. The Labute approximate surface area is 166 Å². The second-order valence-electron chi connectivity index (χ2n) is 7.56. The molecule has 1 aromatic rings. The minimum Gasteiger partial charge on any atom is -0.325 e. The molecule has 1 saturated carbocycles. The van der Waals surface area contributed by atoms with E-state index >= 15 is 0 Å². The normalized spacial score (nSPS) is 22.9. The molecule has 0 spiro atoms. The van der Waals surface area contributed by atoms with Gasteiger partial charge in [0.1, 0.15) is 11.5 Å². The third-order valence-electron chi connectivity index (χ3n) is 5.80. The largest absolute Gasteiger partial charge is 0.325 e. The van der Waals surface area contributed by atoms with Crippen molar-refractivity contribution in [2.24, 2.45) is 5.41 Å². The van der Waals surface area contributed by atoms with Crippen LogP contribution in [-0.2, 0) is 14.4 Å². The van der Waals surface area contributed by atoms with Crippen LogP contribution in [0.15, 0.2) is 18.2 Å². The Morgan fingerprint density at radius 2 is 1.83 bits per heavy atom. The van der Waals surface area contributed by atoms with E-state index in [0.717, 1.165) is 17.7 Å². The first kappa shape index (κ1) is 18.8. The van der Waals surface area contributed by atoms with E-state index in [1.807, 2.05) is 0 Å². The maximum Gasteiger partial charge on any atom is 0.262 e. The highest BCUT2D eigenvalue weighted by atomic mass is 16.2. The highest BCUT2D eigenvalue weighted by Gasteiger charge is 2.45. The SMILES string of the molecule is N#CC1(C(=O)Nc2ccc3c(c2)C(=O)N(C2CCC(=O)NC2=O)C3=O)CCCC1. The number of hydrogen-bond acceptors (Lipinski definition) is 6. The topological polar surface area (TPSA) is 136 Å². The number of anilines is 1. The van der Waals surface area contributed by atoms with Crippen LogP contribution in [0.4, 0.5) is 5.69 Å². The summed E-state index contributed by atoms with van der Waals surface area (Å²) in [6.45, 7) is 0. The number of fused-ring (bicyclic) bond motifs is 1. The molecule has 4 rings (SSSR count). The third kappa shape index (κ3) is 2.97. The van der Waals surface area contributed by atoms with E-state index in [0.29, 0.717) is 18.5 Å². The van der Waals surface area contributed by atoms with E-state index in [4.69, 9.17) is 0 Å². The Kier molecular flexibility index (Phi) is 4.42. The van der Waals surface area contributed by atoms with Crippen molar-refractivity contribution in [1.82, 2.24) is 10.2 Å². The molecule has 1 unspecified atom stereocenters. The molecule has 0 radical (unpaired) electrons. The molecule has 3 aliphatic rings. The zero-order valence-corrected chi connectivity index (χ0v) is 15.5. The Balaban J connectivity index is 1.57. The Hall–Kier alpha value is -3.54. The minimum absolute atomic E-state index is 0.0430. The summed E-state index contributed by atoms with van der Waals surface area (Å²) in [5.74, 6) is -2.79. The highest BCUT2D eigenvalue weighted by molar-refractivity contribution is 6.24. The zero-order valence-electron chi connectivity index (χ0n) is 15.5. The molecule has 1 aliphatic carbocycles. The molecule has 2 fully saturated rings. The quantitative estimate of drug-likeness (QED) is 0.737. The van der Waals surface area contributed by atoms with Crippen molar-refractivity contribution < 1.29 is 24.0 Å². The number of benzene rings is 1. The molecule has 9 nitrogen and oxygen atoms in total. The van der Waals surface area contributed by atoms with E-state index in [2.05, 4.69) is 16.7 Å². The number of carbonyl (C=O) groups is 5. The van der Waals surface area contributed by atoms with Gasteiger partial charge in [0.15, 0.2) is 0 Å². The summed E-state index contributed by atoms with van der Waals surface area (Å²) in [7, 11) is 0. The fourth-order valence-electron chi connectivity index (χ4n) is 4.17. The van der Waals surface area contributed by atoms with Crippen LogP contribution in [0.2, 0.25) is 0 Å². The lowest BCUT2D eigenvalue weighted by molar-refractivity contribution is -0.136. The summed E-state index contributed by atoms with van der Waals surface area (Å²) in [5.41, 5.74) is -0.553. The summed E-state index contributed by atoms with van der Waals surface area (Å²) in [5, 5.41) is 14.3. The Bertz CT molecular complexity index is 1000. The van der Waals surface area contributed by atoms with Crippen LogP contribution in [0.25, 0.3) is 0 Å². The molecule has 5 amide bonds. The van der Waals surface area contributed by atoms with Gasteiger partial charge in [-0.25, -0.2) is 0 Å². The first-order valence-electron chi connectivity index (χ1n) is 9.45. The van der Waals surface area contributed by atoms with Gasteiger partial charge < -0.3 is 5.32 Å².